The number of rotatable bonds is 2. The number of amides is 1. The van der Waals surface area contributed by atoms with Crippen LogP contribution in [-0.2, 0) is 0 Å². The fraction of sp³-hybridized carbons (Fsp3) is 0.643. The van der Waals surface area contributed by atoms with Gasteiger partial charge in [0.05, 0.1) is 11.6 Å². The van der Waals surface area contributed by atoms with E-state index in [1.165, 1.54) is 0 Å². The summed E-state index contributed by atoms with van der Waals surface area (Å²) in [6.07, 6.45) is 0. The van der Waals surface area contributed by atoms with E-state index in [0.717, 1.165) is 31.0 Å². The maximum Gasteiger partial charge on any atom is 0.258 e. The average Bonchev–Trinajstić information content (AvgIpc) is 2.62. The molecule has 0 radical (unpaired) electrons. The summed E-state index contributed by atoms with van der Waals surface area (Å²) in [4.78, 5) is 16.8. The molecule has 2 N–H and O–H groups in total. The van der Waals surface area contributed by atoms with Crippen molar-refractivity contribution in [1.82, 2.24) is 9.80 Å². The summed E-state index contributed by atoms with van der Waals surface area (Å²) in [7, 11) is 2.06. The van der Waals surface area contributed by atoms with Crippen LogP contribution in [0.15, 0.2) is 4.42 Å². The van der Waals surface area contributed by atoms with E-state index >= 15 is 0 Å². The minimum absolute atomic E-state index is 0.0513. The predicted molar refractivity (Wildman–Crippen MR) is 74.3 cm³/mol. The van der Waals surface area contributed by atoms with Crippen LogP contribution in [0.4, 0.5) is 0 Å². The standard InChI is InChI=1S/C14H23N3O2/c1-9-10(2)19-11(3)13(9)14(18)17-6-5-16(4)8-12(17)7-15/h12H,5-8,15H2,1-4H3. The van der Waals surface area contributed by atoms with Crippen molar-refractivity contribution in [3.63, 3.8) is 0 Å². The minimum atomic E-state index is 0.0513. The molecule has 1 aromatic heterocycles. The molecule has 1 aromatic rings. The van der Waals surface area contributed by atoms with Gasteiger partial charge in [-0.3, -0.25) is 4.79 Å². The zero-order valence-electron chi connectivity index (χ0n) is 12.2. The van der Waals surface area contributed by atoms with Gasteiger partial charge < -0.3 is 20.0 Å². The van der Waals surface area contributed by atoms with Crippen molar-refractivity contribution in [2.45, 2.75) is 26.8 Å². The molecule has 2 rings (SSSR count). The number of hydrogen-bond acceptors (Lipinski definition) is 4. The molecule has 1 saturated heterocycles. The fourth-order valence-corrected chi connectivity index (χ4v) is 2.73. The van der Waals surface area contributed by atoms with Crippen molar-refractivity contribution in [3.8, 4) is 0 Å². The Kier molecular flexibility index (Phi) is 3.96. The van der Waals surface area contributed by atoms with Crippen LogP contribution in [0.1, 0.15) is 27.4 Å². The summed E-state index contributed by atoms with van der Waals surface area (Å²) in [6, 6.07) is 0.0836. The van der Waals surface area contributed by atoms with E-state index in [-0.39, 0.29) is 11.9 Å². The average molecular weight is 265 g/mol. The normalized spacial score (nSPS) is 20.9. The van der Waals surface area contributed by atoms with Crippen molar-refractivity contribution in [3.05, 3.63) is 22.6 Å². The van der Waals surface area contributed by atoms with E-state index in [0.29, 0.717) is 17.9 Å². The largest absolute Gasteiger partial charge is 0.466 e. The third-order valence-electron chi connectivity index (χ3n) is 3.99. The van der Waals surface area contributed by atoms with Crippen molar-refractivity contribution in [1.29, 1.82) is 0 Å². The van der Waals surface area contributed by atoms with Crippen LogP contribution in [0.2, 0.25) is 0 Å². The predicted octanol–water partition coefficient (Wildman–Crippen LogP) is 0.920. The maximum atomic E-state index is 12.7. The lowest BCUT2D eigenvalue weighted by atomic mass is 10.1. The van der Waals surface area contributed by atoms with Crippen LogP contribution in [-0.4, -0.2) is 55.0 Å². The Morgan fingerprint density at radius 2 is 2.00 bits per heavy atom. The second-order valence-electron chi connectivity index (χ2n) is 5.36. The topological polar surface area (TPSA) is 62.7 Å². The molecular weight excluding hydrogens is 242 g/mol. The lowest BCUT2D eigenvalue weighted by molar-refractivity contribution is 0.0513. The molecule has 1 fully saturated rings. The van der Waals surface area contributed by atoms with Crippen LogP contribution in [0, 0.1) is 20.8 Å². The lowest BCUT2D eigenvalue weighted by Crippen LogP contribution is -2.56. The molecular formula is C14H23N3O2. The highest BCUT2D eigenvalue weighted by atomic mass is 16.3. The number of carbonyl (C=O) groups is 1. The molecule has 0 saturated carbocycles. The molecule has 0 bridgehead atoms. The lowest BCUT2D eigenvalue weighted by Gasteiger charge is -2.39. The summed E-state index contributed by atoms with van der Waals surface area (Å²) >= 11 is 0. The third-order valence-corrected chi connectivity index (χ3v) is 3.99. The number of nitrogens with zero attached hydrogens (tertiary/aromatic N) is 2. The van der Waals surface area contributed by atoms with Gasteiger partial charge in [-0.1, -0.05) is 0 Å². The van der Waals surface area contributed by atoms with E-state index in [2.05, 4.69) is 11.9 Å². The summed E-state index contributed by atoms with van der Waals surface area (Å²) < 4.78 is 5.56. The van der Waals surface area contributed by atoms with E-state index in [1.54, 1.807) is 0 Å². The fourth-order valence-electron chi connectivity index (χ4n) is 2.73. The molecule has 0 aliphatic carbocycles. The summed E-state index contributed by atoms with van der Waals surface area (Å²) in [5.41, 5.74) is 7.46. The van der Waals surface area contributed by atoms with Gasteiger partial charge in [-0.25, -0.2) is 0 Å². The number of nitrogens with two attached hydrogens (primary N) is 1. The van der Waals surface area contributed by atoms with Crippen molar-refractivity contribution in [2.75, 3.05) is 33.2 Å². The van der Waals surface area contributed by atoms with Crippen LogP contribution in [0.25, 0.3) is 0 Å². The molecule has 0 aromatic carbocycles. The molecule has 1 amide bonds. The monoisotopic (exact) mass is 265 g/mol. The van der Waals surface area contributed by atoms with Gasteiger partial charge in [-0.15, -0.1) is 0 Å². The van der Waals surface area contributed by atoms with Gasteiger partial charge >= 0.3 is 0 Å². The first-order valence-electron chi connectivity index (χ1n) is 6.71. The summed E-state index contributed by atoms with van der Waals surface area (Å²) in [5, 5.41) is 0. The van der Waals surface area contributed by atoms with Crippen LogP contribution in [0.5, 0.6) is 0 Å². The quantitative estimate of drug-likeness (QED) is 0.863. The first kappa shape index (κ1) is 14.1. The maximum absolute atomic E-state index is 12.7. The highest BCUT2D eigenvalue weighted by Gasteiger charge is 2.31. The van der Waals surface area contributed by atoms with Gasteiger partial charge in [-0.2, -0.15) is 0 Å². The van der Waals surface area contributed by atoms with Crippen LogP contribution in [0.3, 0.4) is 0 Å². The van der Waals surface area contributed by atoms with Gasteiger partial charge in [0, 0.05) is 31.7 Å². The van der Waals surface area contributed by atoms with E-state index in [1.807, 2.05) is 25.7 Å². The van der Waals surface area contributed by atoms with Gasteiger partial charge in [0.25, 0.3) is 5.91 Å². The number of piperazine rings is 1. The molecule has 2 heterocycles. The Morgan fingerprint density at radius 1 is 1.32 bits per heavy atom. The Balaban J connectivity index is 2.28. The SMILES string of the molecule is Cc1oc(C)c(C(=O)N2CCN(C)CC2CN)c1C. The summed E-state index contributed by atoms with van der Waals surface area (Å²) in [5.74, 6) is 1.57. The van der Waals surface area contributed by atoms with Crippen molar-refractivity contribution >= 4 is 5.91 Å². The number of carbonyl (C=O) groups excluding carboxylic acids is 1. The Bertz CT molecular complexity index is 481. The van der Waals surface area contributed by atoms with Gasteiger partial charge in [0.15, 0.2) is 0 Å². The molecule has 1 aliphatic heterocycles. The zero-order chi connectivity index (χ0) is 14.2. The Morgan fingerprint density at radius 3 is 2.53 bits per heavy atom. The summed E-state index contributed by atoms with van der Waals surface area (Å²) in [6.45, 7) is 8.61. The molecule has 5 heteroatoms. The molecule has 1 atom stereocenters. The molecule has 0 spiro atoms. The molecule has 19 heavy (non-hydrogen) atoms. The molecule has 1 aliphatic rings. The van der Waals surface area contributed by atoms with Gasteiger partial charge in [0.2, 0.25) is 0 Å². The first-order chi connectivity index (χ1) is 8.95. The first-order valence-corrected chi connectivity index (χ1v) is 6.71. The van der Waals surface area contributed by atoms with E-state index in [4.69, 9.17) is 10.2 Å². The molecule has 5 nitrogen and oxygen atoms in total. The zero-order valence-corrected chi connectivity index (χ0v) is 12.2. The highest BCUT2D eigenvalue weighted by Crippen LogP contribution is 2.24. The Hall–Kier alpha value is -1.33. The van der Waals surface area contributed by atoms with Crippen molar-refractivity contribution < 1.29 is 9.21 Å². The van der Waals surface area contributed by atoms with Gasteiger partial charge in [-0.05, 0) is 27.8 Å². The number of furan rings is 1. The second kappa shape index (κ2) is 5.35. The van der Waals surface area contributed by atoms with Crippen LogP contribution >= 0.6 is 0 Å². The second-order valence-corrected chi connectivity index (χ2v) is 5.36. The van der Waals surface area contributed by atoms with Crippen molar-refractivity contribution in [2.24, 2.45) is 5.73 Å². The molecule has 1 unspecified atom stereocenters. The number of hydrogen-bond donors (Lipinski definition) is 1. The molecule has 106 valence electrons. The number of aryl methyl sites for hydroxylation is 2. The van der Waals surface area contributed by atoms with Crippen LogP contribution < -0.4 is 5.73 Å². The Labute approximate surface area is 114 Å². The van der Waals surface area contributed by atoms with E-state index < -0.39 is 0 Å². The third kappa shape index (κ3) is 2.53. The minimum Gasteiger partial charge on any atom is -0.466 e. The van der Waals surface area contributed by atoms with E-state index in [9.17, 15) is 4.79 Å². The highest BCUT2D eigenvalue weighted by molar-refractivity contribution is 5.97. The van der Waals surface area contributed by atoms with Gasteiger partial charge in [0.1, 0.15) is 11.5 Å². The number of likely N-dealkylation sites (N-methyl/N-ethyl adjacent to an activating group) is 1. The smallest absolute Gasteiger partial charge is 0.258 e.